The number of benzene rings is 1. The van der Waals surface area contributed by atoms with E-state index < -0.39 is 206 Å². The van der Waals surface area contributed by atoms with Gasteiger partial charge in [-0.25, -0.2) is 0 Å². The van der Waals surface area contributed by atoms with Crippen LogP contribution in [0.2, 0.25) is 0 Å². The van der Waals surface area contributed by atoms with Crippen LogP contribution in [0.1, 0.15) is 133 Å². The molecule has 0 spiro atoms. The van der Waals surface area contributed by atoms with Crippen LogP contribution < -0.4 is 5.73 Å². The number of hydrogen-bond acceptors (Lipinski definition) is 29. The number of esters is 1. The van der Waals surface area contributed by atoms with E-state index in [1.807, 2.05) is 0 Å². The molecule has 0 aromatic heterocycles. The Morgan fingerprint density at radius 3 is 1.76 bits per heavy atom. The Balaban J connectivity index is 0.000000614. The SMILES string of the molecule is CC(N)(Cc1ccc(O)c(O)c1)C(=O)O.CC1OC(OC2CCC3(C)C(CCC4(C)C3CC=C3C5CC(C)(C)CCC5(C(=O)OC5OCC(O)C(O)C5OC5OC(C)C(OC6OC(CO)C(O)C(O)C6O)C(O)C5O)C(O)CC34C)C2(C)C)C(O)C(O)C1OC1OCC(O)C(O)C1O. The molecule has 30 nitrogen and oxygen atoms in total. The number of aliphatic carboxylic acids is 1. The summed E-state index contributed by atoms with van der Waals surface area (Å²) in [6.45, 7) is 18.6. The molecule has 11 rings (SSSR count). The minimum absolute atomic E-state index is 0.0795. The van der Waals surface area contributed by atoms with Gasteiger partial charge >= 0.3 is 11.9 Å². The summed E-state index contributed by atoms with van der Waals surface area (Å²) >= 11 is 0. The van der Waals surface area contributed by atoms with Gasteiger partial charge in [0.1, 0.15) is 103 Å². The largest absolute Gasteiger partial charge is 0.504 e. The van der Waals surface area contributed by atoms with E-state index in [4.69, 9.17) is 63.3 Å². The third-order valence-electron chi connectivity index (χ3n) is 24.8. The highest BCUT2D eigenvalue weighted by atomic mass is 16.8. The zero-order valence-corrected chi connectivity index (χ0v) is 57.2. The molecule has 5 heterocycles. The van der Waals surface area contributed by atoms with Crippen molar-refractivity contribution in [3.8, 4) is 11.5 Å². The van der Waals surface area contributed by atoms with Gasteiger partial charge in [0, 0.05) is 6.42 Å². The van der Waals surface area contributed by atoms with Gasteiger partial charge in [-0.15, -0.1) is 0 Å². The average Bonchev–Trinajstić information content (AvgIpc) is 0.672. The molecule has 1 aromatic rings. The number of hydrogen-bond donors (Lipinski definition) is 18. The molecule has 0 radical (unpaired) electrons. The third kappa shape index (κ3) is 13.7. The van der Waals surface area contributed by atoms with Crippen molar-refractivity contribution >= 4 is 11.9 Å². The fourth-order valence-corrected chi connectivity index (χ4v) is 18.7. The third-order valence-corrected chi connectivity index (χ3v) is 24.8. The molecule has 5 saturated heterocycles. The predicted octanol–water partition coefficient (Wildman–Crippen LogP) is -1.46. The molecule has 4 saturated carbocycles. The van der Waals surface area contributed by atoms with Crippen molar-refractivity contribution in [2.24, 2.45) is 56.0 Å². The number of nitrogens with two attached hydrogens (primary N) is 1. The maximum Gasteiger partial charge on any atom is 0.323 e. The molecule has 0 amide bonds. The van der Waals surface area contributed by atoms with E-state index in [9.17, 15) is 81.4 Å². The van der Waals surface area contributed by atoms with Crippen molar-refractivity contribution in [3.63, 3.8) is 0 Å². The first-order chi connectivity index (χ1) is 45.6. The summed E-state index contributed by atoms with van der Waals surface area (Å²) in [6.07, 6.45) is -29.2. The van der Waals surface area contributed by atoms with Gasteiger partial charge in [-0.1, -0.05) is 66.2 Å². The van der Waals surface area contributed by atoms with Gasteiger partial charge in [0.15, 0.2) is 42.8 Å². The van der Waals surface area contributed by atoms with Gasteiger partial charge in [0.2, 0.25) is 6.29 Å². The predicted molar refractivity (Wildman–Crippen MR) is 336 cm³/mol. The van der Waals surface area contributed by atoms with Gasteiger partial charge in [0.05, 0.1) is 44.2 Å². The lowest BCUT2D eigenvalue weighted by atomic mass is 9.33. The topological polar surface area (TPSA) is 496 Å². The van der Waals surface area contributed by atoms with Crippen molar-refractivity contribution in [1.82, 2.24) is 0 Å². The standard InChI is InChI=1S/C58H94O25.C10H13NO4/c1-23-44(80-47-40(69)34(63)27(60)21-74-47)38(67)42(71)48(76-23)79-33-13-14-55(7)30(54(33,5)6)12-15-56(8)31(55)11-10-25-26-18-53(3,4)16-17-58(26,32(62)19-57(25,56)9)52(73)83-51-46(35(64)28(61)22-75-51)82-49-43(72)39(68)45(24(2)77-49)81-50-41(70)37(66)36(65)29(20-59)78-50;1-10(11,9(14)15)5-6-2-3-7(12)8(13)4-6/h10,23-24,26-51,59-72H,11-22H2,1-9H3;2-4,12-13H,5,11H2,1H3,(H,14,15). The summed E-state index contributed by atoms with van der Waals surface area (Å²) in [5.41, 5.74) is 2.43. The van der Waals surface area contributed by atoms with Gasteiger partial charge in [-0.05, 0) is 141 Å². The fraction of sp³-hybridized carbons (Fsp3) is 0.853. The Bertz CT molecular complexity index is 2990. The second kappa shape index (κ2) is 28.5. The normalized spacial score (nSPS) is 48.9. The summed E-state index contributed by atoms with van der Waals surface area (Å²) in [5.74, 6) is -2.64. The molecule has 5 aliphatic heterocycles. The number of carboxylic acids is 1. The summed E-state index contributed by atoms with van der Waals surface area (Å²) in [5, 5.41) is 180. The lowest BCUT2D eigenvalue weighted by Gasteiger charge is -2.71. The monoisotopic (exact) mass is 1400 g/mol. The Hall–Kier alpha value is -3.46. The van der Waals surface area contributed by atoms with Crippen LogP contribution in [0.4, 0.5) is 0 Å². The Labute approximate surface area is 569 Å². The number of phenols is 2. The Morgan fingerprint density at radius 2 is 1.15 bits per heavy atom. The summed E-state index contributed by atoms with van der Waals surface area (Å²) < 4.78 is 59.6. The summed E-state index contributed by atoms with van der Waals surface area (Å²) in [7, 11) is 0. The summed E-state index contributed by atoms with van der Waals surface area (Å²) in [4.78, 5) is 26.1. The second-order valence-electron chi connectivity index (χ2n) is 32.0. The second-order valence-corrected chi connectivity index (χ2v) is 32.0. The highest BCUT2D eigenvalue weighted by molar-refractivity contribution is 5.80. The smallest absolute Gasteiger partial charge is 0.323 e. The number of aliphatic hydroxyl groups is 14. The highest BCUT2D eigenvalue weighted by Gasteiger charge is 2.72. The number of aliphatic hydroxyl groups excluding tert-OH is 14. The Morgan fingerprint density at radius 1 is 0.602 bits per heavy atom. The van der Waals surface area contributed by atoms with Crippen LogP contribution in [-0.4, -0.2) is 278 Å². The molecule has 98 heavy (non-hydrogen) atoms. The fourth-order valence-electron chi connectivity index (χ4n) is 18.7. The number of phenolic OH excluding ortho intramolecular Hbond substituents is 2. The van der Waals surface area contributed by atoms with Gasteiger partial charge < -0.3 is 140 Å². The molecular formula is C68H107NO29. The molecule has 10 aliphatic rings. The van der Waals surface area contributed by atoms with E-state index >= 15 is 4.79 Å². The zero-order chi connectivity index (χ0) is 72.2. The maximum atomic E-state index is 15.4. The molecular weight excluding hydrogens is 1290 g/mol. The lowest BCUT2D eigenvalue weighted by Crippen LogP contribution is -2.68. The number of carboxylic acid groups (broad SMARTS) is 1. The van der Waals surface area contributed by atoms with Crippen LogP contribution in [0, 0.1) is 50.2 Å². The van der Waals surface area contributed by atoms with E-state index in [0.29, 0.717) is 31.2 Å². The van der Waals surface area contributed by atoms with Crippen molar-refractivity contribution in [2.75, 3.05) is 19.8 Å². The van der Waals surface area contributed by atoms with Crippen LogP contribution in [-0.2, 0) is 63.4 Å². The molecule has 1 aromatic carbocycles. The molecule has 19 N–H and O–H groups in total. The molecule has 0 bridgehead atoms. The van der Waals surface area contributed by atoms with Gasteiger partial charge in [-0.2, -0.15) is 0 Å². The molecule has 33 unspecified atom stereocenters. The number of aromatic hydroxyl groups is 2. The van der Waals surface area contributed by atoms with Gasteiger partial charge in [0.25, 0.3) is 0 Å². The first kappa shape index (κ1) is 77.2. The number of carbonyl (C=O) groups excluding carboxylic acids is 1. The van der Waals surface area contributed by atoms with Crippen LogP contribution in [0.25, 0.3) is 0 Å². The number of carbonyl (C=O) groups is 2. The minimum Gasteiger partial charge on any atom is -0.504 e. The molecule has 33 atom stereocenters. The highest BCUT2D eigenvalue weighted by Crippen LogP contribution is 2.76. The van der Waals surface area contributed by atoms with E-state index in [1.54, 1.807) is 6.92 Å². The Kier molecular flexibility index (Phi) is 22.5. The quantitative estimate of drug-likeness (QED) is 0.0438. The van der Waals surface area contributed by atoms with E-state index in [1.165, 1.54) is 32.0 Å². The zero-order valence-electron chi connectivity index (χ0n) is 57.2. The molecule has 30 heteroatoms. The van der Waals surface area contributed by atoms with E-state index in [-0.39, 0.29) is 65.4 Å². The lowest BCUT2D eigenvalue weighted by molar-refractivity contribution is -0.374. The summed E-state index contributed by atoms with van der Waals surface area (Å²) in [6, 6.07) is 4.11. The number of allylic oxidation sites excluding steroid dienone is 2. The van der Waals surface area contributed by atoms with Crippen LogP contribution in [0.3, 0.4) is 0 Å². The van der Waals surface area contributed by atoms with Gasteiger partial charge in [-0.3, -0.25) is 9.59 Å². The molecule has 558 valence electrons. The van der Waals surface area contributed by atoms with Crippen LogP contribution >= 0.6 is 0 Å². The van der Waals surface area contributed by atoms with E-state index in [0.717, 1.165) is 24.8 Å². The molecule has 5 aliphatic carbocycles. The van der Waals surface area contributed by atoms with Crippen LogP contribution in [0.5, 0.6) is 11.5 Å². The van der Waals surface area contributed by atoms with Crippen molar-refractivity contribution < 1.29 is 144 Å². The first-order valence-electron chi connectivity index (χ1n) is 34.3. The van der Waals surface area contributed by atoms with Crippen LogP contribution in [0.15, 0.2) is 29.8 Å². The molecule has 9 fully saturated rings. The van der Waals surface area contributed by atoms with E-state index in [2.05, 4.69) is 54.5 Å². The average molecular weight is 1400 g/mol. The van der Waals surface area contributed by atoms with Crippen molar-refractivity contribution in [2.45, 2.75) is 293 Å². The number of ether oxygens (including phenoxy) is 10. The van der Waals surface area contributed by atoms with Crippen molar-refractivity contribution in [3.05, 3.63) is 35.4 Å². The first-order valence-corrected chi connectivity index (χ1v) is 34.3. The maximum absolute atomic E-state index is 15.4. The number of rotatable bonds is 14. The minimum atomic E-state index is -1.93. The number of fused-ring (bicyclic) bond motifs is 7. The van der Waals surface area contributed by atoms with Crippen molar-refractivity contribution in [1.29, 1.82) is 0 Å².